The Kier molecular flexibility index (Phi) is 6.99. The lowest BCUT2D eigenvalue weighted by Crippen LogP contribution is -3.14. The zero-order valence-electron chi connectivity index (χ0n) is 18.2. The molecule has 2 saturated heterocycles. The summed E-state index contributed by atoms with van der Waals surface area (Å²) < 4.78 is 5.49. The molecule has 2 N–H and O–H groups in total. The molecule has 2 fully saturated rings. The van der Waals surface area contributed by atoms with Gasteiger partial charge >= 0.3 is 0 Å². The number of carbonyl (C=O) groups excluding carboxylic acids is 2. The molecule has 31 heavy (non-hydrogen) atoms. The van der Waals surface area contributed by atoms with Crippen LogP contribution < -0.4 is 10.2 Å². The van der Waals surface area contributed by atoms with Crippen LogP contribution in [0.3, 0.4) is 0 Å². The van der Waals surface area contributed by atoms with Crippen molar-refractivity contribution < 1.29 is 19.2 Å². The van der Waals surface area contributed by atoms with Crippen LogP contribution in [0, 0.1) is 6.92 Å². The van der Waals surface area contributed by atoms with Crippen molar-refractivity contribution >= 4 is 11.8 Å². The summed E-state index contributed by atoms with van der Waals surface area (Å²) in [6, 6.07) is 16.0. The van der Waals surface area contributed by atoms with Crippen LogP contribution in [0.25, 0.3) is 0 Å². The van der Waals surface area contributed by atoms with Crippen LogP contribution >= 0.6 is 0 Å². The Hall–Kier alpha value is -2.70. The number of rotatable bonds is 7. The predicted molar refractivity (Wildman–Crippen MR) is 119 cm³/mol. The summed E-state index contributed by atoms with van der Waals surface area (Å²) in [6.07, 6.45) is 1.58. The highest BCUT2D eigenvalue weighted by molar-refractivity contribution is 5.94. The fraction of sp³-hybridized carbons (Fsp3) is 0.440. The van der Waals surface area contributed by atoms with Crippen LogP contribution in [0.2, 0.25) is 0 Å². The number of quaternary nitrogens is 1. The number of amides is 2. The number of nitrogens with zero attached hydrogens (tertiary/aromatic N) is 1. The van der Waals surface area contributed by atoms with E-state index in [9.17, 15) is 9.59 Å². The molecule has 2 heterocycles. The van der Waals surface area contributed by atoms with E-state index in [0.29, 0.717) is 18.5 Å². The van der Waals surface area contributed by atoms with Gasteiger partial charge in [0.1, 0.15) is 25.7 Å². The van der Waals surface area contributed by atoms with Crippen molar-refractivity contribution in [3.8, 4) is 0 Å². The van der Waals surface area contributed by atoms with Gasteiger partial charge in [-0.15, -0.1) is 0 Å². The zero-order valence-corrected chi connectivity index (χ0v) is 18.2. The van der Waals surface area contributed by atoms with Crippen LogP contribution in [0.4, 0.5) is 0 Å². The fourth-order valence-electron chi connectivity index (χ4n) is 4.30. The molecule has 2 aromatic carbocycles. The van der Waals surface area contributed by atoms with Gasteiger partial charge in [0.25, 0.3) is 5.91 Å². The Morgan fingerprint density at radius 2 is 1.81 bits per heavy atom. The highest BCUT2D eigenvalue weighted by Gasteiger charge is 2.24. The molecule has 4 rings (SSSR count). The average molecular weight is 423 g/mol. The topological polar surface area (TPSA) is 63.1 Å². The second-order valence-corrected chi connectivity index (χ2v) is 8.62. The lowest BCUT2D eigenvalue weighted by Gasteiger charge is -2.28. The third-order valence-corrected chi connectivity index (χ3v) is 6.24. The largest absolute Gasteiger partial charge is 0.370 e. The normalized spacial score (nSPS) is 18.2. The molecule has 2 aliphatic rings. The number of nitrogens with one attached hydrogen (secondary N) is 2. The van der Waals surface area contributed by atoms with Gasteiger partial charge in [0, 0.05) is 25.1 Å². The highest BCUT2D eigenvalue weighted by atomic mass is 16.5. The molecule has 1 atom stereocenters. The summed E-state index contributed by atoms with van der Waals surface area (Å²) in [7, 11) is 0. The summed E-state index contributed by atoms with van der Waals surface area (Å²) in [4.78, 5) is 28.2. The Labute approximate surface area is 184 Å². The van der Waals surface area contributed by atoms with Crippen molar-refractivity contribution in [2.45, 2.75) is 32.4 Å². The standard InChI is InChI=1S/C25H31N3O3/c1-19-4-8-21(9-5-19)23(18-27-13-15-31-16-14-27)26-25(30)22-10-6-20(7-11-22)17-28-12-2-3-24(28)29/h4-11,23H,2-3,12-18H2,1H3,(H,26,30)/p+1/t23-/m1/s1. The summed E-state index contributed by atoms with van der Waals surface area (Å²) in [5, 5.41) is 3.25. The van der Waals surface area contributed by atoms with Gasteiger partial charge in [-0.25, -0.2) is 0 Å². The van der Waals surface area contributed by atoms with E-state index in [1.54, 1.807) is 0 Å². The second kappa shape index (κ2) is 10.1. The molecule has 0 spiro atoms. The first kappa shape index (κ1) is 21.5. The minimum atomic E-state index is -0.0676. The van der Waals surface area contributed by atoms with E-state index in [0.717, 1.165) is 56.9 Å². The molecular formula is C25H32N3O3+. The van der Waals surface area contributed by atoms with Crippen LogP contribution in [-0.2, 0) is 16.1 Å². The number of morpholine rings is 1. The molecule has 0 saturated carbocycles. The van der Waals surface area contributed by atoms with Gasteiger partial charge in [-0.2, -0.15) is 0 Å². The van der Waals surface area contributed by atoms with Crippen LogP contribution in [0.5, 0.6) is 0 Å². The predicted octanol–water partition coefficient (Wildman–Crippen LogP) is 1.50. The number of benzene rings is 2. The van der Waals surface area contributed by atoms with Crippen molar-refractivity contribution in [2.24, 2.45) is 0 Å². The van der Waals surface area contributed by atoms with E-state index < -0.39 is 0 Å². The zero-order chi connectivity index (χ0) is 21.6. The van der Waals surface area contributed by atoms with E-state index in [4.69, 9.17) is 4.74 Å². The number of hydrogen-bond donors (Lipinski definition) is 2. The van der Waals surface area contributed by atoms with Crippen molar-refractivity contribution in [2.75, 3.05) is 39.4 Å². The molecule has 6 nitrogen and oxygen atoms in total. The SMILES string of the molecule is Cc1ccc([C@@H](C[NH+]2CCOCC2)NC(=O)c2ccc(CN3CCCC3=O)cc2)cc1. The fourth-order valence-corrected chi connectivity index (χ4v) is 4.30. The summed E-state index contributed by atoms with van der Waals surface area (Å²) in [6.45, 7) is 7.81. The van der Waals surface area contributed by atoms with Crippen LogP contribution in [0.1, 0.15) is 45.9 Å². The van der Waals surface area contributed by atoms with Gasteiger partial charge in [-0.05, 0) is 36.6 Å². The third kappa shape index (κ3) is 5.71. The molecule has 2 amide bonds. The number of ether oxygens (including phenoxy) is 1. The van der Waals surface area contributed by atoms with E-state index in [1.807, 2.05) is 29.2 Å². The Morgan fingerprint density at radius 3 is 2.45 bits per heavy atom. The first-order valence-electron chi connectivity index (χ1n) is 11.2. The molecule has 0 bridgehead atoms. The summed E-state index contributed by atoms with van der Waals surface area (Å²) in [5.41, 5.74) is 4.03. The first-order valence-corrected chi connectivity index (χ1v) is 11.2. The van der Waals surface area contributed by atoms with Crippen molar-refractivity contribution in [1.82, 2.24) is 10.2 Å². The molecule has 164 valence electrons. The molecule has 6 heteroatoms. The monoisotopic (exact) mass is 422 g/mol. The quantitative estimate of drug-likeness (QED) is 0.711. The van der Waals surface area contributed by atoms with E-state index in [2.05, 4.69) is 36.5 Å². The van der Waals surface area contributed by atoms with Gasteiger partial charge in [-0.3, -0.25) is 9.59 Å². The minimum absolute atomic E-state index is 0.0527. The number of hydrogen-bond acceptors (Lipinski definition) is 3. The Bertz CT molecular complexity index is 889. The molecule has 0 aromatic heterocycles. The van der Waals surface area contributed by atoms with Crippen molar-refractivity contribution in [3.05, 3.63) is 70.8 Å². The molecule has 2 aliphatic heterocycles. The molecule has 0 radical (unpaired) electrons. The molecule has 0 aliphatic carbocycles. The number of aryl methyl sites for hydroxylation is 1. The van der Waals surface area contributed by atoms with Gasteiger partial charge in [0.2, 0.25) is 5.91 Å². The van der Waals surface area contributed by atoms with E-state index >= 15 is 0 Å². The van der Waals surface area contributed by atoms with Gasteiger partial charge in [0.05, 0.1) is 13.2 Å². The van der Waals surface area contributed by atoms with E-state index in [1.165, 1.54) is 10.5 Å². The van der Waals surface area contributed by atoms with Gasteiger partial charge < -0.3 is 19.9 Å². The van der Waals surface area contributed by atoms with Gasteiger partial charge in [0.15, 0.2) is 0 Å². The van der Waals surface area contributed by atoms with Crippen LogP contribution in [0.15, 0.2) is 48.5 Å². The Morgan fingerprint density at radius 1 is 1.10 bits per heavy atom. The summed E-state index contributed by atoms with van der Waals surface area (Å²) in [5.74, 6) is 0.149. The molecule has 2 aromatic rings. The number of likely N-dealkylation sites (tertiary alicyclic amines) is 1. The minimum Gasteiger partial charge on any atom is -0.370 e. The maximum absolute atomic E-state index is 13.0. The maximum atomic E-state index is 13.0. The third-order valence-electron chi connectivity index (χ3n) is 6.24. The maximum Gasteiger partial charge on any atom is 0.251 e. The van der Waals surface area contributed by atoms with E-state index in [-0.39, 0.29) is 17.9 Å². The van der Waals surface area contributed by atoms with Crippen molar-refractivity contribution in [3.63, 3.8) is 0 Å². The van der Waals surface area contributed by atoms with Crippen molar-refractivity contribution in [1.29, 1.82) is 0 Å². The van der Waals surface area contributed by atoms with Crippen LogP contribution in [-0.4, -0.2) is 56.1 Å². The smallest absolute Gasteiger partial charge is 0.251 e. The summed E-state index contributed by atoms with van der Waals surface area (Å²) >= 11 is 0. The van der Waals surface area contributed by atoms with Gasteiger partial charge in [-0.1, -0.05) is 42.0 Å². The lowest BCUT2D eigenvalue weighted by molar-refractivity contribution is -0.909. The highest BCUT2D eigenvalue weighted by Crippen LogP contribution is 2.16. The second-order valence-electron chi connectivity index (χ2n) is 8.62. The average Bonchev–Trinajstić information content (AvgIpc) is 3.19. The lowest BCUT2D eigenvalue weighted by atomic mass is 10.0. The first-order chi connectivity index (χ1) is 15.1. The molecular weight excluding hydrogens is 390 g/mol. The number of carbonyl (C=O) groups is 2. The Balaban J connectivity index is 1.43. The molecule has 0 unspecified atom stereocenters.